The summed E-state index contributed by atoms with van der Waals surface area (Å²) in [5, 5.41) is 6.20. The minimum atomic E-state index is -0.223. The molecule has 2 N–H and O–H groups in total. The average Bonchev–Trinajstić information content (AvgIpc) is 2.74. The van der Waals surface area contributed by atoms with Gasteiger partial charge >= 0.3 is 0 Å². The number of aromatic nitrogens is 2. The number of nitrogens with one attached hydrogen (secondary N) is 2. The lowest BCUT2D eigenvalue weighted by Gasteiger charge is -2.15. The lowest BCUT2D eigenvalue weighted by atomic mass is 10.1. The highest BCUT2D eigenvalue weighted by molar-refractivity contribution is 5.92. The molecule has 3 aromatic rings. The van der Waals surface area contributed by atoms with E-state index in [0.717, 1.165) is 29.0 Å². The summed E-state index contributed by atoms with van der Waals surface area (Å²) in [6, 6.07) is 19.3. The number of ether oxygens (including phenoxy) is 1. The third-order valence-corrected chi connectivity index (χ3v) is 4.60. The number of aryl methyl sites for hydroxylation is 1. The highest BCUT2D eigenvalue weighted by Crippen LogP contribution is 2.18. The second-order valence-corrected chi connectivity index (χ2v) is 6.81. The van der Waals surface area contributed by atoms with Crippen LogP contribution in [0.1, 0.15) is 40.3 Å². The maximum absolute atomic E-state index is 12.7. The number of amides is 1. The predicted octanol–water partition coefficient (Wildman–Crippen LogP) is 3.94. The van der Waals surface area contributed by atoms with Gasteiger partial charge < -0.3 is 15.4 Å². The quantitative estimate of drug-likeness (QED) is 0.609. The zero-order valence-corrected chi connectivity index (χ0v) is 17.0. The molecule has 0 saturated heterocycles. The monoisotopic (exact) mass is 390 g/mol. The molecule has 0 radical (unpaired) electrons. The summed E-state index contributed by atoms with van der Waals surface area (Å²) in [4.78, 5) is 21.4. The number of carbonyl (C=O) groups excluding carboxylic acids is 1. The molecule has 29 heavy (non-hydrogen) atoms. The van der Waals surface area contributed by atoms with Gasteiger partial charge in [0, 0.05) is 12.2 Å². The number of benzene rings is 2. The van der Waals surface area contributed by atoms with Crippen molar-refractivity contribution in [3.05, 3.63) is 83.2 Å². The lowest BCUT2D eigenvalue weighted by molar-refractivity contribution is 0.0934. The Morgan fingerprint density at radius 2 is 1.79 bits per heavy atom. The van der Waals surface area contributed by atoms with E-state index >= 15 is 0 Å². The second kappa shape index (κ2) is 9.68. The van der Waals surface area contributed by atoms with E-state index in [9.17, 15) is 4.79 Å². The molecule has 150 valence electrons. The van der Waals surface area contributed by atoms with Crippen LogP contribution in [0.25, 0.3) is 0 Å². The van der Waals surface area contributed by atoms with Crippen LogP contribution < -0.4 is 15.4 Å². The van der Waals surface area contributed by atoms with Crippen LogP contribution in [-0.2, 0) is 6.42 Å². The fraction of sp³-hybridized carbons (Fsp3) is 0.261. The molecule has 0 bridgehead atoms. The van der Waals surface area contributed by atoms with Crippen LogP contribution >= 0.6 is 0 Å². The Bertz CT molecular complexity index is 960. The highest BCUT2D eigenvalue weighted by atomic mass is 16.5. The topological polar surface area (TPSA) is 76.1 Å². The molecule has 6 nitrogen and oxygen atoms in total. The van der Waals surface area contributed by atoms with E-state index in [0.29, 0.717) is 18.2 Å². The van der Waals surface area contributed by atoms with Crippen molar-refractivity contribution in [2.45, 2.75) is 26.3 Å². The van der Waals surface area contributed by atoms with Crippen LogP contribution in [0.2, 0.25) is 0 Å². The number of hydrogen-bond acceptors (Lipinski definition) is 5. The van der Waals surface area contributed by atoms with Gasteiger partial charge in [0.15, 0.2) is 0 Å². The number of hydrogen-bond donors (Lipinski definition) is 2. The molecule has 1 aromatic heterocycles. The first kappa shape index (κ1) is 20.3. The number of rotatable bonds is 8. The molecule has 1 atom stereocenters. The van der Waals surface area contributed by atoms with E-state index in [-0.39, 0.29) is 11.9 Å². The Hall–Kier alpha value is -3.41. The highest BCUT2D eigenvalue weighted by Gasteiger charge is 2.14. The molecule has 0 spiro atoms. The fourth-order valence-electron chi connectivity index (χ4n) is 3.08. The van der Waals surface area contributed by atoms with Crippen molar-refractivity contribution in [1.82, 2.24) is 15.3 Å². The van der Waals surface area contributed by atoms with Crippen molar-refractivity contribution in [2.75, 3.05) is 19.0 Å². The van der Waals surface area contributed by atoms with E-state index in [1.807, 2.05) is 68.4 Å². The first-order valence-electron chi connectivity index (χ1n) is 9.64. The summed E-state index contributed by atoms with van der Waals surface area (Å²) in [7, 11) is 1.66. The number of para-hydroxylation sites is 1. The summed E-state index contributed by atoms with van der Waals surface area (Å²) < 4.78 is 5.38. The summed E-state index contributed by atoms with van der Waals surface area (Å²) in [6.07, 6.45) is 0.758. The van der Waals surface area contributed by atoms with E-state index in [2.05, 4.69) is 20.6 Å². The zero-order chi connectivity index (χ0) is 20.6. The minimum absolute atomic E-state index is 0.110. The van der Waals surface area contributed by atoms with E-state index in [1.54, 1.807) is 13.2 Å². The molecular formula is C23H26N4O2. The zero-order valence-electron chi connectivity index (χ0n) is 17.0. The number of carbonyl (C=O) groups is 1. The van der Waals surface area contributed by atoms with Gasteiger partial charge in [-0.05, 0) is 43.5 Å². The molecular weight excluding hydrogens is 364 g/mol. The van der Waals surface area contributed by atoms with Gasteiger partial charge in [0.05, 0.1) is 13.2 Å². The van der Waals surface area contributed by atoms with Crippen molar-refractivity contribution >= 4 is 11.9 Å². The third-order valence-electron chi connectivity index (χ3n) is 4.60. The van der Waals surface area contributed by atoms with Gasteiger partial charge in [0.25, 0.3) is 5.91 Å². The van der Waals surface area contributed by atoms with Crippen LogP contribution in [0, 0.1) is 6.92 Å². The summed E-state index contributed by atoms with van der Waals surface area (Å²) in [5.74, 6) is 1.08. The number of methoxy groups -OCH3 is 1. The molecule has 0 aliphatic rings. The van der Waals surface area contributed by atoms with Crippen LogP contribution in [0.5, 0.6) is 5.75 Å². The van der Waals surface area contributed by atoms with E-state index < -0.39 is 0 Å². The molecule has 1 unspecified atom stereocenters. The van der Waals surface area contributed by atoms with Crippen LogP contribution in [0.4, 0.5) is 5.95 Å². The first-order valence-corrected chi connectivity index (χ1v) is 9.64. The smallest absolute Gasteiger partial charge is 0.270 e. The summed E-state index contributed by atoms with van der Waals surface area (Å²) in [6.45, 7) is 4.43. The van der Waals surface area contributed by atoms with Gasteiger partial charge in [-0.3, -0.25) is 4.79 Å². The van der Waals surface area contributed by atoms with Gasteiger partial charge in [-0.25, -0.2) is 9.97 Å². The van der Waals surface area contributed by atoms with Crippen molar-refractivity contribution in [3.8, 4) is 5.75 Å². The molecule has 0 aliphatic heterocycles. The average molecular weight is 390 g/mol. The standard InChI is InChI=1S/C23H26N4O2/c1-16-15-20(22(28)26-17(2)18-9-5-4-6-10-18)27-23(25-16)24-14-13-19-11-7-8-12-21(19)29-3/h4-12,15,17H,13-14H2,1-3H3,(H,26,28)(H,24,25,27). The van der Waals surface area contributed by atoms with E-state index in [1.165, 1.54) is 0 Å². The Labute approximate surface area is 171 Å². The summed E-state index contributed by atoms with van der Waals surface area (Å²) in [5.41, 5.74) is 3.23. The minimum Gasteiger partial charge on any atom is -0.496 e. The molecule has 0 fully saturated rings. The Kier molecular flexibility index (Phi) is 6.79. The maximum Gasteiger partial charge on any atom is 0.270 e. The molecule has 1 heterocycles. The Morgan fingerprint density at radius 1 is 1.07 bits per heavy atom. The van der Waals surface area contributed by atoms with Gasteiger partial charge in [0.1, 0.15) is 11.4 Å². The Balaban J connectivity index is 1.64. The number of nitrogens with zero attached hydrogens (tertiary/aromatic N) is 2. The van der Waals surface area contributed by atoms with Crippen LogP contribution in [-0.4, -0.2) is 29.5 Å². The predicted molar refractivity (Wildman–Crippen MR) is 114 cm³/mol. The maximum atomic E-state index is 12.7. The third kappa shape index (κ3) is 5.54. The molecule has 6 heteroatoms. The molecule has 0 aliphatic carbocycles. The summed E-state index contributed by atoms with van der Waals surface area (Å²) >= 11 is 0. The van der Waals surface area contributed by atoms with Gasteiger partial charge in [0.2, 0.25) is 5.95 Å². The molecule has 3 rings (SSSR count). The van der Waals surface area contributed by atoms with Crippen LogP contribution in [0.15, 0.2) is 60.7 Å². The number of anilines is 1. The molecule has 2 aromatic carbocycles. The molecule has 0 saturated carbocycles. The van der Waals surface area contributed by atoms with E-state index in [4.69, 9.17) is 4.74 Å². The van der Waals surface area contributed by atoms with Gasteiger partial charge in [-0.1, -0.05) is 48.5 Å². The lowest BCUT2D eigenvalue weighted by Crippen LogP contribution is -2.28. The first-order chi connectivity index (χ1) is 14.1. The van der Waals surface area contributed by atoms with Gasteiger partial charge in [-0.2, -0.15) is 0 Å². The van der Waals surface area contributed by atoms with Crippen LogP contribution in [0.3, 0.4) is 0 Å². The largest absolute Gasteiger partial charge is 0.496 e. The Morgan fingerprint density at radius 3 is 2.55 bits per heavy atom. The van der Waals surface area contributed by atoms with Crippen molar-refractivity contribution in [1.29, 1.82) is 0 Å². The van der Waals surface area contributed by atoms with Gasteiger partial charge in [-0.15, -0.1) is 0 Å². The normalized spacial score (nSPS) is 11.6. The molecule has 1 amide bonds. The fourth-order valence-corrected chi connectivity index (χ4v) is 3.08. The van der Waals surface area contributed by atoms with Crippen molar-refractivity contribution in [3.63, 3.8) is 0 Å². The van der Waals surface area contributed by atoms with Crippen molar-refractivity contribution < 1.29 is 9.53 Å². The van der Waals surface area contributed by atoms with Crippen molar-refractivity contribution in [2.24, 2.45) is 0 Å². The SMILES string of the molecule is COc1ccccc1CCNc1nc(C)cc(C(=O)NC(C)c2ccccc2)n1. The second-order valence-electron chi connectivity index (χ2n) is 6.81.